The molecule has 5 nitrogen and oxygen atoms in total. The van der Waals surface area contributed by atoms with Crippen molar-refractivity contribution >= 4 is 33.7 Å². The zero-order valence-electron chi connectivity index (χ0n) is 16.0. The molecule has 0 bridgehead atoms. The van der Waals surface area contributed by atoms with Crippen molar-refractivity contribution in [3.8, 4) is 17.0 Å². The van der Waals surface area contributed by atoms with E-state index in [0.29, 0.717) is 22.3 Å². The molecule has 2 aromatic carbocycles. The third kappa shape index (κ3) is 4.70. The first kappa shape index (κ1) is 19.3. The van der Waals surface area contributed by atoms with Crippen molar-refractivity contribution in [2.45, 2.75) is 20.5 Å². The number of carbonyl (C=O) groups excluding carboxylic acids is 1. The van der Waals surface area contributed by atoms with Crippen LogP contribution >= 0.6 is 22.7 Å². The molecule has 0 saturated carbocycles. The fraction of sp³-hybridized carbons (Fsp3) is 0.136. The van der Waals surface area contributed by atoms with Crippen LogP contribution in [0.3, 0.4) is 0 Å². The molecule has 0 atom stereocenters. The van der Waals surface area contributed by atoms with Crippen molar-refractivity contribution in [3.63, 3.8) is 0 Å². The van der Waals surface area contributed by atoms with Gasteiger partial charge in [0.05, 0.1) is 11.4 Å². The van der Waals surface area contributed by atoms with Crippen LogP contribution in [0.25, 0.3) is 11.3 Å². The standard InChI is InChI=1S/C22H19N3O2S2/c1-14-7-6-10-17(11-14)27-12-19-23-15(2)20(29-19)21(26)25-22-24-18(13-28-22)16-8-4-3-5-9-16/h3-11,13H,12H2,1-2H3,(H,24,25,26). The molecule has 4 aromatic rings. The predicted octanol–water partition coefficient (Wildman–Crippen LogP) is 5.71. The van der Waals surface area contributed by atoms with E-state index in [1.807, 2.05) is 73.8 Å². The van der Waals surface area contributed by atoms with Crippen LogP contribution in [0.2, 0.25) is 0 Å². The average molecular weight is 422 g/mol. The van der Waals surface area contributed by atoms with Gasteiger partial charge in [0, 0.05) is 10.9 Å². The van der Waals surface area contributed by atoms with E-state index in [2.05, 4.69) is 15.3 Å². The molecule has 4 rings (SSSR count). The minimum atomic E-state index is -0.198. The van der Waals surface area contributed by atoms with Gasteiger partial charge in [-0.3, -0.25) is 10.1 Å². The molecule has 146 valence electrons. The van der Waals surface area contributed by atoms with Gasteiger partial charge in [-0.1, -0.05) is 42.5 Å². The summed E-state index contributed by atoms with van der Waals surface area (Å²) < 4.78 is 5.80. The SMILES string of the molecule is Cc1cccc(OCc2nc(C)c(C(=O)Nc3nc(-c4ccccc4)cs3)s2)c1. The third-order valence-corrected chi connectivity index (χ3v) is 6.08. The Balaban J connectivity index is 1.42. The molecule has 0 spiro atoms. The topological polar surface area (TPSA) is 64.1 Å². The molecular weight excluding hydrogens is 402 g/mol. The van der Waals surface area contributed by atoms with Crippen LogP contribution in [0, 0.1) is 13.8 Å². The Hall–Kier alpha value is -3.03. The molecule has 2 aromatic heterocycles. The number of aryl methyl sites for hydroxylation is 2. The van der Waals surface area contributed by atoms with Crippen molar-refractivity contribution in [1.82, 2.24) is 9.97 Å². The second-order valence-corrected chi connectivity index (χ2v) is 8.43. The molecule has 2 heterocycles. The Labute approximate surface area is 177 Å². The van der Waals surface area contributed by atoms with Crippen LogP contribution in [-0.2, 0) is 6.61 Å². The van der Waals surface area contributed by atoms with E-state index in [9.17, 15) is 4.79 Å². The van der Waals surface area contributed by atoms with Gasteiger partial charge in [-0.25, -0.2) is 9.97 Å². The number of hydrogen-bond acceptors (Lipinski definition) is 6. The number of benzene rings is 2. The van der Waals surface area contributed by atoms with Crippen LogP contribution in [-0.4, -0.2) is 15.9 Å². The second kappa shape index (κ2) is 8.55. The number of hydrogen-bond donors (Lipinski definition) is 1. The zero-order valence-corrected chi connectivity index (χ0v) is 17.6. The van der Waals surface area contributed by atoms with E-state index in [1.165, 1.54) is 22.7 Å². The highest BCUT2D eigenvalue weighted by Gasteiger charge is 2.17. The highest BCUT2D eigenvalue weighted by molar-refractivity contribution is 7.15. The van der Waals surface area contributed by atoms with Gasteiger partial charge in [0.1, 0.15) is 22.2 Å². The number of nitrogens with zero attached hydrogens (tertiary/aromatic N) is 2. The quantitative estimate of drug-likeness (QED) is 0.433. The predicted molar refractivity (Wildman–Crippen MR) is 118 cm³/mol. The minimum Gasteiger partial charge on any atom is -0.486 e. The Kier molecular flexibility index (Phi) is 5.69. The highest BCUT2D eigenvalue weighted by Crippen LogP contribution is 2.26. The molecular formula is C22H19N3O2S2. The number of thiazole rings is 2. The Bertz CT molecular complexity index is 1140. The Morgan fingerprint density at radius 1 is 1.07 bits per heavy atom. The number of carbonyl (C=O) groups is 1. The third-order valence-electron chi connectivity index (χ3n) is 4.19. The van der Waals surface area contributed by atoms with E-state index in [1.54, 1.807) is 0 Å². The van der Waals surface area contributed by atoms with Gasteiger partial charge < -0.3 is 4.74 Å². The molecule has 1 amide bonds. The normalized spacial score (nSPS) is 10.7. The molecule has 0 aliphatic heterocycles. The molecule has 0 fully saturated rings. The summed E-state index contributed by atoms with van der Waals surface area (Å²) in [7, 11) is 0. The summed E-state index contributed by atoms with van der Waals surface area (Å²) in [4.78, 5) is 22.3. The molecule has 1 N–H and O–H groups in total. The van der Waals surface area contributed by atoms with Gasteiger partial charge in [-0.2, -0.15) is 0 Å². The van der Waals surface area contributed by atoms with Gasteiger partial charge in [-0.15, -0.1) is 22.7 Å². The van der Waals surface area contributed by atoms with Gasteiger partial charge in [0.15, 0.2) is 5.13 Å². The molecule has 7 heteroatoms. The molecule has 0 radical (unpaired) electrons. The monoisotopic (exact) mass is 421 g/mol. The maximum absolute atomic E-state index is 12.7. The molecule has 0 saturated heterocycles. The summed E-state index contributed by atoms with van der Waals surface area (Å²) in [6, 6.07) is 17.7. The van der Waals surface area contributed by atoms with Crippen LogP contribution in [0.4, 0.5) is 5.13 Å². The maximum atomic E-state index is 12.7. The summed E-state index contributed by atoms with van der Waals surface area (Å²) in [5, 5.41) is 6.15. The van der Waals surface area contributed by atoms with E-state index in [-0.39, 0.29) is 5.91 Å². The second-order valence-electron chi connectivity index (χ2n) is 6.49. The molecule has 0 unspecified atom stereocenters. The van der Waals surface area contributed by atoms with Gasteiger partial charge >= 0.3 is 0 Å². The molecule has 0 aliphatic carbocycles. The number of amides is 1. The van der Waals surface area contributed by atoms with Crippen LogP contribution < -0.4 is 10.1 Å². The van der Waals surface area contributed by atoms with Crippen LogP contribution in [0.15, 0.2) is 60.0 Å². The van der Waals surface area contributed by atoms with Crippen molar-refractivity contribution < 1.29 is 9.53 Å². The largest absolute Gasteiger partial charge is 0.486 e. The minimum absolute atomic E-state index is 0.198. The van der Waals surface area contributed by atoms with E-state index in [4.69, 9.17) is 4.74 Å². The number of nitrogens with one attached hydrogen (secondary N) is 1. The Morgan fingerprint density at radius 3 is 2.69 bits per heavy atom. The lowest BCUT2D eigenvalue weighted by molar-refractivity contribution is 0.103. The fourth-order valence-corrected chi connectivity index (χ4v) is 4.39. The van der Waals surface area contributed by atoms with Gasteiger partial charge in [0.25, 0.3) is 5.91 Å². The summed E-state index contributed by atoms with van der Waals surface area (Å²) >= 11 is 2.75. The van der Waals surface area contributed by atoms with E-state index in [0.717, 1.165) is 27.6 Å². The first-order valence-corrected chi connectivity index (χ1v) is 10.8. The molecule has 29 heavy (non-hydrogen) atoms. The van der Waals surface area contributed by atoms with Crippen LogP contribution in [0.1, 0.15) is 25.9 Å². The number of aromatic nitrogens is 2. The van der Waals surface area contributed by atoms with E-state index < -0.39 is 0 Å². The van der Waals surface area contributed by atoms with Gasteiger partial charge in [-0.05, 0) is 31.5 Å². The number of rotatable bonds is 6. The summed E-state index contributed by atoms with van der Waals surface area (Å²) in [5.74, 6) is 0.593. The zero-order chi connectivity index (χ0) is 20.2. The van der Waals surface area contributed by atoms with Gasteiger partial charge in [0.2, 0.25) is 0 Å². The first-order valence-electron chi connectivity index (χ1n) is 9.06. The molecule has 0 aliphatic rings. The smallest absolute Gasteiger partial charge is 0.269 e. The maximum Gasteiger partial charge on any atom is 0.269 e. The van der Waals surface area contributed by atoms with Crippen LogP contribution in [0.5, 0.6) is 5.75 Å². The lowest BCUT2D eigenvalue weighted by atomic mass is 10.2. The number of anilines is 1. The summed E-state index contributed by atoms with van der Waals surface area (Å²) in [6.45, 7) is 4.18. The summed E-state index contributed by atoms with van der Waals surface area (Å²) in [5.41, 5.74) is 3.69. The van der Waals surface area contributed by atoms with Crippen molar-refractivity contribution in [1.29, 1.82) is 0 Å². The lowest BCUT2D eigenvalue weighted by Crippen LogP contribution is -2.11. The lowest BCUT2D eigenvalue weighted by Gasteiger charge is -2.04. The van der Waals surface area contributed by atoms with Crippen molar-refractivity contribution in [2.24, 2.45) is 0 Å². The summed E-state index contributed by atoms with van der Waals surface area (Å²) in [6.07, 6.45) is 0. The fourth-order valence-electron chi connectivity index (χ4n) is 2.80. The number of ether oxygens (including phenoxy) is 1. The highest BCUT2D eigenvalue weighted by atomic mass is 32.1. The average Bonchev–Trinajstić information content (AvgIpc) is 3.34. The van der Waals surface area contributed by atoms with Crippen molar-refractivity contribution in [2.75, 3.05) is 5.32 Å². The first-order chi connectivity index (χ1) is 14.1. The Morgan fingerprint density at radius 2 is 1.90 bits per heavy atom. The van der Waals surface area contributed by atoms with E-state index >= 15 is 0 Å². The van der Waals surface area contributed by atoms with Crippen molar-refractivity contribution in [3.05, 3.63) is 81.1 Å².